The van der Waals surface area contributed by atoms with Gasteiger partial charge >= 0.3 is 5.97 Å². The second-order valence-electron chi connectivity index (χ2n) is 4.33. The van der Waals surface area contributed by atoms with Gasteiger partial charge in [0.25, 0.3) is 0 Å². The van der Waals surface area contributed by atoms with Gasteiger partial charge in [0.1, 0.15) is 0 Å². The Kier molecular flexibility index (Phi) is 6.43. The third-order valence-corrected chi connectivity index (χ3v) is 3.55. The van der Waals surface area contributed by atoms with Gasteiger partial charge in [0.05, 0.1) is 0 Å². The number of nitrogens with one attached hydrogen (secondary N) is 1. The second-order valence-corrected chi connectivity index (χ2v) is 5.37. The quantitative estimate of drug-likeness (QED) is 0.761. The Morgan fingerprint density at radius 1 is 1.44 bits per heavy atom. The average Bonchev–Trinajstić information content (AvgIpc) is 2.78. The molecule has 0 aliphatic carbocycles. The summed E-state index contributed by atoms with van der Waals surface area (Å²) in [5, 5.41) is 13.4. The number of aliphatic carboxylic acids is 1. The Hall–Kier alpha value is -1.36. The van der Waals surface area contributed by atoms with E-state index < -0.39 is 5.97 Å². The lowest BCUT2D eigenvalue weighted by molar-refractivity contribution is -0.137. The van der Waals surface area contributed by atoms with Gasteiger partial charge in [0.2, 0.25) is 5.91 Å². The lowest BCUT2D eigenvalue weighted by Crippen LogP contribution is -2.32. The van der Waals surface area contributed by atoms with Crippen LogP contribution in [0, 0.1) is 0 Å². The van der Waals surface area contributed by atoms with E-state index >= 15 is 0 Å². The van der Waals surface area contributed by atoms with Gasteiger partial charge in [-0.1, -0.05) is 6.07 Å². The Bertz CT molecular complexity index is 376. The Labute approximate surface area is 111 Å². The zero-order valence-corrected chi connectivity index (χ0v) is 11.3. The summed E-state index contributed by atoms with van der Waals surface area (Å²) in [7, 11) is 0. The van der Waals surface area contributed by atoms with Crippen LogP contribution in [0.25, 0.3) is 0 Å². The summed E-state index contributed by atoms with van der Waals surface area (Å²) in [6.45, 7) is 1.91. The van der Waals surface area contributed by atoms with Gasteiger partial charge in [-0.15, -0.1) is 11.3 Å². The predicted molar refractivity (Wildman–Crippen MR) is 71.7 cm³/mol. The number of carboxylic acids is 1. The van der Waals surface area contributed by atoms with Gasteiger partial charge in [-0.25, -0.2) is 0 Å². The summed E-state index contributed by atoms with van der Waals surface area (Å²) in [4.78, 5) is 23.2. The molecule has 18 heavy (non-hydrogen) atoms. The molecule has 0 aliphatic rings. The molecular weight excluding hydrogens is 250 g/mol. The SMILES string of the molecule is CC(CCCC(=O)O)NC(=O)CCc1cccs1. The van der Waals surface area contributed by atoms with Crippen LogP contribution >= 0.6 is 11.3 Å². The van der Waals surface area contributed by atoms with Gasteiger partial charge in [-0.2, -0.15) is 0 Å². The number of hydrogen-bond acceptors (Lipinski definition) is 3. The molecule has 100 valence electrons. The molecule has 2 N–H and O–H groups in total. The minimum absolute atomic E-state index is 0.0335. The van der Waals surface area contributed by atoms with Crippen molar-refractivity contribution in [3.8, 4) is 0 Å². The zero-order chi connectivity index (χ0) is 13.4. The van der Waals surface area contributed by atoms with E-state index in [0.717, 1.165) is 6.42 Å². The highest BCUT2D eigenvalue weighted by Crippen LogP contribution is 2.10. The van der Waals surface area contributed by atoms with Gasteiger partial charge in [-0.3, -0.25) is 9.59 Å². The largest absolute Gasteiger partial charge is 0.481 e. The molecule has 1 unspecified atom stereocenters. The first kappa shape index (κ1) is 14.7. The van der Waals surface area contributed by atoms with Crippen molar-refractivity contribution >= 4 is 23.2 Å². The van der Waals surface area contributed by atoms with Crippen molar-refractivity contribution in [3.05, 3.63) is 22.4 Å². The highest BCUT2D eigenvalue weighted by Gasteiger charge is 2.08. The first-order valence-corrected chi connectivity index (χ1v) is 6.99. The van der Waals surface area contributed by atoms with E-state index in [1.807, 2.05) is 24.4 Å². The smallest absolute Gasteiger partial charge is 0.303 e. The predicted octanol–water partition coefficient (Wildman–Crippen LogP) is 2.44. The fourth-order valence-corrected chi connectivity index (χ4v) is 2.38. The molecule has 0 radical (unpaired) electrons. The zero-order valence-electron chi connectivity index (χ0n) is 10.5. The molecule has 0 saturated heterocycles. The van der Waals surface area contributed by atoms with Crippen LogP contribution in [-0.4, -0.2) is 23.0 Å². The highest BCUT2D eigenvalue weighted by molar-refractivity contribution is 7.09. The number of amides is 1. The molecule has 0 aromatic carbocycles. The van der Waals surface area contributed by atoms with Gasteiger partial charge in [-0.05, 0) is 37.6 Å². The summed E-state index contributed by atoms with van der Waals surface area (Å²) in [5.74, 6) is -0.752. The number of carbonyl (C=O) groups excluding carboxylic acids is 1. The monoisotopic (exact) mass is 269 g/mol. The van der Waals surface area contributed by atoms with Crippen molar-refractivity contribution in [1.82, 2.24) is 5.32 Å². The Balaban J connectivity index is 2.13. The second kappa shape index (κ2) is 7.87. The summed E-state index contributed by atoms with van der Waals surface area (Å²) >= 11 is 1.66. The van der Waals surface area contributed by atoms with Crippen LogP contribution in [-0.2, 0) is 16.0 Å². The molecule has 5 heteroatoms. The topological polar surface area (TPSA) is 66.4 Å². The van der Waals surface area contributed by atoms with Crippen molar-refractivity contribution in [1.29, 1.82) is 0 Å². The normalized spacial score (nSPS) is 12.1. The van der Waals surface area contributed by atoms with Crippen LogP contribution in [0.15, 0.2) is 17.5 Å². The maximum atomic E-state index is 11.6. The molecule has 1 atom stereocenters. The van der Waals surface area contributed by atoms with Crippen LogP contribution in [0.2, 0.25) is 0 Å². The molecule has 1 heterocycles. The molecule has 0 bridgehead atoms. The summed E-state index contributed by atoms with van der Waals surface area (Å²) in [6.07, 6.45) is 2.73. The minimum atomic E-state index is -0.786. The molecule has 1 amide bonds. The van der Waals surface area contributed by atoms with E-state index in [4.69, 9.17) is 5.11 Å². The maximum absolute atomic E-state index is 11.6. The third-order valence-electron chi connectivity index (χ3n) is 2.61. The number of aryl methyl sites for hydroxylation is 1. The van der Waals surface area contributed by atoms with E-state index in [1.54, 1.807) is 11.3 Å². The molecule has 4 nitrogen and oxygen atoms in total. The molecule has 1 aromatic heterocycles. The van der Waals surface area contributed by atoms with Crippen LogP contribution in [0.3, 0.4) is 0 Å². The van der Waals surface area contributed by atoms with Crippen molar-refractivity contribution in [2.24, 2.45) is 0 Å². The van der Waals surface area contributed by atoms with Crippen LogP contribution in [0.4, 0.5) is 0 Å². The molecule has 0 aliphatic heterocycles. The fourth-order valence-electron chi connectivity index (χ4n) is 1.67. The van der Waals surface area contributed by atoms with E-state index in [9.17, 15) is 9.59 Å². The number of carboxylic acid groups (broad SMARTS) is 1. The highest BCUT2D eigenvalue weighted by atomic mass is 32.1. The van der Waals surface area contributed by atoms with Crippen molar-refractivity contribution in [3.63, 3.8) is 0 Å². The van der Waals surface area contributed by atoms with E-state index in [2.05, 4.69) is 5.32 Å². The van der Waals surface area contributed by atoms with Crippen molar-refractivity contribution < 1.29 is 14.7 Å². The average molecular weight is 269 g/mol. The Morgan fingerprint density at radius 3 is 2.83 bits per heavy atom. The van der Waals surface area contributed by atoms with Gasteiger partial charge in [0, 0.05) is 23.8 Å². The summed E-state index contributed by atoms with van der Waals surface area (Å²) in [6, 6.07) is 4.04. The molecule has 1 aromatic rings. The number of thiophene rings is 1. The van der Waals surface area contributed by atoms with Crippen molar-refractivity contribution in [2.75, 3.05) is 0 Å². The molecular formula is C13H19NO3S. The van der Waals surface area contributed by atoms with Crippen LogP contribution in [0.1, 0.15) is 37.5 Å². The van der Waals surface area contributed by atoms with Gasteiger partial charge < -0.3 is 10.4 Å². The number of carbonyl (C=O) groups is 2. The lowest BCUT2D eigenvalue weighted by atomic mass is 10.1. The lowest BCUT2D eigenvalue weighted by Gasteiger charge is -2.12. The summed E-state index contributed by atoms with van der Waals surface area (Å²) < 4.78 is 0. The molecule has 0 spiro atoms. The van der Waals surface area contributed by atoms with Gasteiger partial charge in [0.15, 0.2) is 0 Å². The van der Waals surface area contributed by atoms with Crippen LogP contribution < -0.4 is 5.32 Å². The van der Waals surface area contributed by atoms with E-state index in [0.29, 0.717) is 19.3 Å². The van der Waals surface area contributed by atoms with E-state index in [-0.39, 0.29) is 18.4 Å². The molecule has 1 rings (SSSR count). The fraction of sp³-hybridized carbons (Fsp3) is 0.538. The first-order valence-electron chi connectivity index (χ1n) is 6.11. The molecule has 0 fully saturated rings. The molecule has 0 saturated carbocycles. The Morgan fingerprint density at radius 2 is 2.22 bits per heavy atom. The number of rotatable bonds is 8. The number of hydrogen-bond donors (Lipinski definition) is 2. The van der Waals surface area contributed by atoms with Crippen molar-refractivity contribution in [2.45, 2.75) is 45.1 Å². The standard InChI is InChI=1S/C13H19NO3S/c1-10(4-2-6-13(16)17)14-12(15)8-7-11-5-3-9-18-11/h3,5,9-10H,2,4,6-8H2,1H3,(H,14,15)(H,16,17). The van der Waals surface area contributed by atoms with Crippen LogP contribution in [0.5, 0.6) is 0 Å². The first-order chi connectivity index (χ1) is 8.58. The summed E-state index contributed by atoms with van der Waals surface area (Å²) in [5.41, 5.74) is 0. The third kappa shape index (κ3) is 6.39. The van der Waals surface area contributed by atoms with E-state index in [1.165, 1.54) is 4.88 Å². The minimum Gasteiger partial charge on any atom is -0.481 e. The maximum Gasteiger partial charge on any atom is 0.303 e.